The number of hydrogen-bond donors (Lipinski definition) is 2. The predicted octanol–water partition coefficient (Wildman–Crippen LogP) is 2.25. The van der Waals surface area contributed by atoms with Gasteiger partial charge in [0.25, 0.3) is 0 Å². The van der Waals surface area contributed by atoms with E-state index in [1.54, 1.807) is 14.2 Å². The normalized spacial score (nSPS) is 21.2. The Hall–Kier alpha value is -2.28. The van der Waals surface area contributed by atoms with Gasteiger partial charge in [0.05, 0.1) is 13.2 Å². The van der Waals surface area contributed by atoms with E-state index >= 15 is 0 Å². The maximum Gasteiger partial charge on any atom is 0.225 e. The zero-order chi connectivity index (χ0) is 21.5. The molecule has 3 rings (SSSR count). The van der Waals surface area contributed by atoms with E-state index in [9.17, 15) is 4.79 Å². The molecule has 0 radical (unpaired) electrons. The van der Waals surface area contributed by atoms with E-state index in [-0.39, 0.29) is 18.0 Å². The molecule has 7 nitrogen and oxygen atoms in total. The van der Waals surface area contributed by atoms with Crippen molar-refractivity contribution >= 4 is 11.9 Å². The van der Waals surface area contributed by atoms with E-state index in [1.165, 1.54) is 12.8 Å². The molecule has 1 aliphatic heterocycles. The maximum absolute atomic E-state index is 12.7. The highest BCUT2D eigenvalue weighted by molar-refractivity contribution is 5.81. The molecule has 1 heterocycles. The predicted molar refractivity (Wildman–Crippen MR) is 121 cm³/mol. The third-order valence-electron chi connectivity index (χ3n) is 6.35. The number of rotatable bonds is 7. The van der Waals surface area contributed by atoms with Gasteiger partial charge in [0.2, 0.25) is 5.91 Å². The zero-order valence-electron chi connectivity index (χ0n) is 18.9. The number of methoxy groups -OCH3 is 1. The van der Waals surface area contributed by atoms with Gasteiger partial charge in [-0.3, -0.25) is 9.79 Å². The van der Waals surface area contributed by atoms with E-state index in [0.717, 1.165) is 49.6 Å². The quantitative estimate of drug-likeness (QED) is 0.528. The van der Waals surface area contributed by atoms with Crippen molar-refractivity contribution in [1.82, 2.24) is 20.4 Å². The van der Waals surface area contributed by atoms with Gasteiger partial charge >= 0.3 is 0 Å². The Kier molecular flexibility index (Phi) is 7.96. The van der Waals surface area contributed by atoms with E-state index < -0.39 is 0 Å². The van der Waals surface area contributed by atoms with Crippen LogP contribution in [0.4, 0.5) is 0 Å². The fourth-order valence-corrected chi connectivity index (χ4v) is 4.60. The van der Waals surface area contributed by atoms with Crippen molar-refractivity contribution < 1.29 is 9.53 Å². The number of aliphatic imine (C=N–C) groups is 1. The van der Waals surface area contributed by atoms with E-state index in [1.807, 2.05) is 23.1 Å². The Labute approximate surface area is 180 Å². The standard InChI is InChI=1S/C23H37N5O2/c1-24-23(25-15-20(27(2)3)19-11-7-8-12-21(19)30-4)26-18-13-14-28(16-18)22(29)17-9-5-6-10-17/h7-8,11-12,17-18,20H,5-6,9-10,13-16H2,1-4H3,(H2,24,25,26). The van der Waals surface area contributed by atoms with Gasteiger partial charge in [0, 0.05) is 44.2 Å². The van der Waals surface area contributed by atoms with Crippen LogP contribution in [-0.4, -0.2) is 75.6 Å². The summed E-state index contributed by atoms with van der Waals surface area (Å²) in [6.45, 7) is 2.30. The summed E-state index contributed by atoms with van der Waals surface area (Å²) in [5, 5.41) is 6.98. The van der Waals surface area contributed by atoms with E-state index in [0.29, 0.717) is 12.5 Å². The summed E-state index contributed by atoms with van der Waals surface area (Å²) >= 11 is 0. The molecule has 2 unspecified atom stereocenters. The summed E-state index contributed by atoms with van der Waals surface area (Å²) in [5.74, 6) is 2.27. The topological polar surface area (TPSA) is 69.2 Å². The number of likely N-dealkylation sites (tertiary alicyclic amines) is 1. The summed E-state index contributed by atoms with van der Waals surface area (Å²) in [5.41, 5.74) is 1.14. The monoisotopic (exact) mass is 415 g/mol. The van der Waals surface area contributed by atoms with Crippen LogP contribution in [0.25, 0.3) is 0 Å². The summed E-state index contributed by atoms with van der Waals surface area (Å²) in [6.07, 6.45) is 5.48. The first-order valence-corrected chi connectivity index (χ1v) is 11.1. The third kappa shape index (κ3) is 5.45. The second-order valence-electron chi connectivity index (χ2n) is 8.57. The molecule has 30 heavy (non-hydrogen) atoms. The number of hydrogen-bond acceptors (Lipinski definition) is 4. The maximum atomic E-state index is 12.7. The molecular formula is C23H37N5O2. The minimum absolute atomic E-state index is 0.142. The summed E-state index contributed by atoms with van der Waals surface area (Å²) in [4.78, 5) is 21.3. The Morgan fingerprint density at radius 3 is 2.67 bits per heavy atom. The van der Waals surface area contributed by atoms with Crippen LogP contribution in [0, 0.1) is 5.92 Å². The molecule has 1 aliphatic carbocycles. The number of amides is 1. The van der Waals surface area contributed by atoms with Gasteiger partial charge in [-0.2, -0.15) is 0 Å². The summed E-state index contributed by atoms with van der Waals surface area (Å²) in [7, 11) is 7.63. The molecule has 2 fully saturated rings. The molecule has 2 aliphatic rings. The minimum atomic E-state index is 0.142. The molecule has 1 aromatic carbocycles. The van der Waals surface area contributed by atoms with Crippen LogP contribution in [0.5, 0.6) is 5.75 Å². The van der Waals surface area contributed by atoms with Crippen molar-refractivity contribution in [3.05, 3.63) is 29.8 Å². The van der Waals surface area contributed by atoms with Gasteiger partial charge in [-0.05, 0) is 39.4 Å². The molecule has 0 bridgehead atoms. The van der Waals surface area contributed by atoms with Crippen LogP contribution in [-0.2, 0) is 4.79 Å². The molecule has 1 aromatic rings. The SMILES string of the molecule is CN=C(NCC(c1ccccc1OC)N(C)C)NC1CCN(C(=O)C2CCCC2)C1. The van der Waals surface area contributed by atoms with Gasteiger partial charge in [-0.1, -0.05) is 31.0 Å². The average molecular weight is 416 g/mol. The number of para-hydroxylation sites is 1. The molecule has 0 spiro atoms. The fraction of sp³-hybridized carbons (Fsp3) is 0.652. The Morgan fingerprint density at radius 2 is 2.00 bits per heavy atom. The smallest absolute Gasteiger partial charge is 0.225 e. The lowest BCUT2D eigenvalue weighted by atomic mass is 10.0. The number of likely N-dealkylation sites (N-methyl/N-ethyl adjacent to an activating group) is 1. The molecule has 7 heteroatoms. The van der Waals surface area contributed by atoms with Crippen LogP contribution in [0.3, 0.4) is 0 Å². The number of ether oxygens (including phenoxy) is 1. The van der Waals surface area contributed by atoms with Crippen molar-refractivity contribution in [1.29, 1.82) is 0 Å². The first kappa shape index (κ1) is 22.4. The first-order chi connectivity index (χ1) is 14.5. The van der Waals surface area contributed by atoms with Crippen LogP contribution in [0.15, 0.2) is 29.3 Å². The second kappa shape index (κ2) is 10.7. The van der Waals surface area contributed by atoms with Crippen molar-refractivity contribution in [3.63, 3.8) is 0 Å². The average Bonchev–Trinajstić information content (AvgIpc) is 3.45. The van der Waals surface area contributed by atoms with Crippen molar-refractivity contribution in [3.8, 4) is 5.75 Å². The Morgan fingerprint density at radius 1 is 1.27 bits per heavy atom. The van der Waals surface area contributed by atoms with E-state index in [2.05, 4.69) is 40.7 Å². The molecule has 1 saturated carbocycles. The number of carbonyl (C=O) groups excluding carboxylic acids is 1. The number of benzene rings is 1. The Balaban J connectivity index is 1.54. The van der Waals surface area contributed by atoms with Crippen LogP contribution in [0.1, 0.15) is 43.7 Å². The molecule has 1 amide bonds. The third-order valence-corrected chi connectivity index (χ3v) is 6.35. The highest BCUT2D eigenvalue weighted by atomic mass is 16.5. The van der Waals surface area contributed by atoms with Crippen molar-refractivity contribution in [2.45, 2.75) is 44.2 Å². The summed E-state index contributed by atoms with van der Waals surface area (Å²) < 4.78 is 5.56. The van der Waals surface area contributed by atoms with Gasteiger partial charge in [0.15, 0.2) is 5.96 Å². The molecule has 0 aromatic heterocycles. The number of nitrogens with zero attached hydrogens (tertiary/aromatic N) is 3. The Bertz CT molecular complexity index is 730. The number of nitrogens with one attached hydrogen (secondary N) is 2. The van der Waals surface area contributed by atoms with Gasteiger partial charge in [-0.25, -0.2) is 0 Å². The molecular weight excluding hydrogens is 378 g/mol. The highest BCUT2D eigenvalue weighted by Gasteiger charge is 2.32. The van der Waals surface area contributed by atoms with Crippen molar-refractivity contribution in [2.24, 2.45) is 10.9 Å². The zero-order valence-corrected chi connectivity index (χ0v) is 18.9. The number of carbonyl (C=O) groups is 1. The van der Waals surface area contributed by atoms with Gasteiger partial charge in [0.1, 0.15) is 5.75 Å². The fourth-order valence-electron chi connectivity index (χ4n) is 4.60. The lowest BCUT2D eigenvalue weighted by Crippen LogP contribution is -2.47. The van der Waals surface area contributed by atoms with Gasteiger partial charge < -0.3 is 25.2 Å². The molecule has 1 saturated heterocycles. The number of guanidine groups is 1. The molecule has 166 valence electrons. The minimum Gasteiger partial charge on any atom is -0.496 e. The molecule has 2 atom stereocenters. The highest BCUT2D eigenvalue weighted by Crippen LogP contribution is 2.28. The largest absolute Gasteiger partial charge is 0.496 e. The van der Waals surface area contributed by atoms with Crippen LogP contribution < -0.4 is 15.4 Å². The molecule has 2 N–H and O–H groups in total. The first-order valence-electron chi connectivity index (χ1n) is 11.1. The lowest BCUT2D eigenvalue weighted by Gasteiger charge is -2.28. The van der Waals surface area contributed by atoms with E-state index in [4.69, 9.17) is 4.74 Å². The van der Waals surface area contributed by atoms with Crippen molar-refractivity contribution in [2.75, 3.05) is 47.9 Å². The van der Waals surface area contributed by atoms with Gasteiger partial charge in [-0.15, -0.1) is 0 Å². The van der Waals surface area contributed by atoms with Crippen LogP contribution in [0.2, 0.25) is 0 Å². The summed E-state index contributed by atoms with van der Waals surface area (Å²) in [6, 6.07) is 8.50. The van der Waals surface area contributed by atoms with Crippen LogP contribution >= 0.6 is 0 Å². The second-order valence-corrected chi connectivity index (χ2v) is 8.57. The lowest BCUT2D eigenvalue weighted by molar-refractivity contribution is -0.134.